The fourth-order valence-corrected chi connectivity index (χ4v) is 3.56. The van der Waals surface area contributed by atoms with E-state index in [1.54, 1.807) is 6.20 Å². The first-order valence-electron chi connectivity index (χ1n) is 8.12. The first kappa shape index (κ1) is 14.4. The number of carbonyl (C=O) groups is 1. The lowest BCUT2D eigenvalue weighted by Crippen LogP contribution is -2.50. The molecule has 4 rings (SSSR count). The predicted octanol–water partition coefficient (Wildman–Crippen LogP) is 1.65. The summed E-state index contributed by atoms with van der Waals surface area (Å²) >= 11 is 0. The molecular weight excluding hydrogens is 294 g/mol. The van der Waals surface area contributed by atoms with Crippen LogP contribution in [0.3, 0.4) is 0 Å². The Kier molecular flexibility index (Phi) is 3.45. The van der Waals surface area contributed by atoms with Gasteiger partial charge in [-0.1, -0.05) is 5.21 Å². The Bertz CT molecular complexity index is 720. The number of hydrogen-bond acceptors (Lipinski definition) is 4. The lowest BCUT2D eigenvalue weighted by molar-refractivity contribution is -0.0629. The molecule has 2 unspecified atom stereocenters. The van der Waals surface area contributed by atoms with Gasteiger partial charge in [-0.3, -0.25) is 4.79 Å². The molecule has 23 heavy (non-hydrogen) atoms. The summed E-state index contributed by atoms with van der Waals surface area (Å²) in [6, 6.07) is 4.28. The first-order chi connectivity index (χ1) is 11.1. The number of fused-ring (bicyclic) bond motifs is 3. The second-order valence-corrected chi connectivity index (χ2v) is 6.52. The van der Waals surface area contributed by atoms with E-state index in [4.69, 9.17) is 4.74 Å². The monoisotopic (exact) mass is 315 g/mol. The topological polar surface area (TPSA) is 65.2 Å². The number of likely N-dealkylation sites (tertiary alicyclic amines) is 1. The number of hydrogen-bond donors (Lipinski definition) is 0. The smallest absolute Gasteiger partial charge is 0.270 e. The van der Waals surface area contributed by atoms with Gasteiger partial charge in [0.15, 0.2) is 0 Å². The highest BCUT2D eigenvalue weighted by atomic mass is 16.5. The highest BCUT2D eigenvalue weighted by molar-refractivity contribution is 5.93. The number of piperidine rings is 1. The number of rotatable bonds is 2. The summed E-state index contributed by atoms with van der Waals surface area (Å²) in [6.07, 6.45) is 4.55. The molecule has 7 heteroatoms. The van der Waals surface area contributed by atoms with E-state index in [9.17, 15) is 4.79 Å². The van der Waals surface area contributed by atoms with Crippen LogP contribution in [0.15, 0.2) is 24.5 Å². The van der Waals surface area contributed by atoms with E-state index < -0.39 is 0 Å². The largest absolute Gasteiger partial charge is 0.368 e. The Morgan fingerprint density at radius 1 is 1.43 bits per heavy atom. The molecule has 0 radical (unpaired) electrons. The number of nitrogens with zero attached hydrogens (tertiary/aromatic N) is 5. The normalized spacial score (nSPS) is 23.7. The average Bonchev–Trinajstić information content (AvgIpc) is 3.22. The van der Waals surface area contributed by atoms with E-state index in [0.717, 1.165) is 17.8 Å². The van der Waals surface area contributed by atoms with Crippen LogP contribution in [-0.2, 0) is 11.3 Å². The molecule has 0 N–H and O–H groups in total. The standard InChI is InChI=1S/C16H21N5O2/c1-11(2)20-6-3-4-14(20)16(22)19-7-5-13-15(9-19)23-10-12-8-17-18-21(12)13/h3-4,6,8,11,13,15H,5,7,9-10H2,1-2H3. The Balaban J connectivity index is 1.53. The summed E-state index contributed by atoms with van der Waals surface area (Å²) < 4.78 is 9.93. The van der Waals surface area contributed by atoms with Crippen LogP contribution in [0.5, 0.6) is 0 Å². The molecule has 2 aromatic rings. The summed E-state index contributed by atoms with van der Waals surface area (Å²) in [5.41, 5.74) is 1.76. The molecule has 0 saturated carbocycles. The van der Waals surface area contributed by atoms with E-state index in [1.165, 1.54) is 0 Å². The summed E-state index contributed by atoms with van der Waals surface area (Å²) in [7, 11) is 0. The van der Waals surface area contributed by atoms with Crippen molar-refractivity contribution in [3.8, 4) is 0 Å². The average molecular weight is 315 g/mol. The molecule has 1 saturated heterocycles. The molecular formula is C16H21N5O2. The zero-order valence-corrected chi connectivity index (χ0v) is 13.4. The molecule has 1 amide bonds. The van der Waals surface area contributed by atoms with E-state index in [-0.39, 0.29) is 24.1 Å². The molecule has 4 heterocycles. The Morgan fingerprint density at radius 2 is 2.30 bits per heavy atom. The molecule has 1 fully saturated rings. The van der Waals surface area contributed by atoms with Crippen LogP contribution in [0.4, 0.5) is 0 Å². The van der Waals surface area contributed by atoms with Crippen molar-refractivity contribution in [3.63, 3.8) is 0 Å². The highest BCUT2D eigenvalue weighted by Gasteiger charge is 2.38. The van der Waals surface area contributed by atoms with Crippen molar-refractivity contribution >= 4 is 5.91 Å². The van der Waals surface area contributed by atoms with Gasteiger partial charge in [0.25, 0.3) is 5.91 Å². The maximum atomic E-state index is 12.9. The van der Waals surface area contributed by atoms with Crippen LogP contribution in [0.1, 0.15) is 48.5 Å². The number of aromatic nitrogens is 4. The van der Waals surface area contributed by atoms with Crippen LogP contribution in [0, 0.1) is 0 Å². The fraction of sp³-hybridized carbons (Fsp3) is 0.562. The maximum Gasteiger partial charge on any atom is 0.270 e. The van der Waals surface area contributed by atoms with Gasteiger partial charge in [-0.15, -0.1) is 5.10 Å². The lowest BCUT2D eigenvalue weighted by Gasteiger charge is -2.41. The minimum absolute atomic E-state index is 0.00985. The zero-order chi connectivity index (χ0) is 16.0. The van der Waals surface area contributed by atoms with Gasteiger partial charge in [0.1, 0.15) is 5.69 Å². The van der Waals surface area contributed by atoms with Gasteiger partial charge in [0, 0.05) is 25.3 Å². The molecule has 0 spiro atoms. The molecule has 2 aliphatic heterocycles. The molecule has 122 valence electrons. The van der Waals surface area contributed by atoms with E-state index >= 15 is 0 Å². The SMILES string of the molecule is CC(C)n1cccc1C(=O)N1CCC2C(C1)OCc1cnnn12. The van der Waals surface area contributed by atoms with Crippen LogP contribution >= 0.6 is 0 Å². The van der Waals surface area contributed by atoms with Gasteiger partial charge in [-0.25, -0.2) is 4.68 Å². The molecule has 7 nitrogen and oxygen atoms in total. The third-order valence-corrected chi connectivity index (χ3v) is 4.77. The van der Waals surface area contributed by atoms with E-state index in [0.29, 0.717) is 19.7 Å². The van der Waals surface area contributed by atoms with Gasteiger partial charge in [0.2, 0.25) is 0 Å². The molecule has 2 atom stereocenters. The summed E-state index contributed by atoms with van der Waals surface area (Å²) in [6.45, 7) is 6.00. The van der Waals surface area contributed by atoms with Crippen molar-refractivity contribution in [2.45, 2.75) is 45.1 Å². The van der Waals surface area contributed by atoms with Gasteiger partial charge >= 0.3 is 0 Å². The van der Waals surface area contributed by atoms with Gasteiger partial charge in [-0.05, 0) is 32.4 Å². The first-order valence-corrected chi connectivity index (χ1v) is 8.12. The van der Waals surface area contributed by atoms with Gasteiger partial charge in [-0.2, -0.15) is 0 Å². The number of ether oxygens (including phenoxy) is 1. The minimum Gasteiger partial charge on any atom is -0.368 e. The highest BCUT2D eigenvalue weighted by Crippen LogP contribution is 2.31. The maximum absolute atomic E-state index is 12.9. The van der Waals surface area contributed by atoms with Crippen molar-refractivity contribution < 1.29 is 9.53 Å². The number of amides is 1. The Morgan fingerprint density at radius 3 is 3.13 bits per heavy atom. The van der Waals surface area contributed by atoms with Crippen LogP contribution in [-0.4, -0.2) is 49.6 Å². The van der Waals surface area contributed by atoms with Gasteiger partial charge < -0.3 is 14.2 Å². The number of carbonyl (C=O) groups excluding carboxylic acids is 1. The molecule has 2 aliphatic rings. The summed E-state index contributed by atoms with van der Waals surface area (Å²) in [5, 5.41) is 8.15. The second-order valence-electron chi connectivity index (χ2n) is 6.52. The van der Waals surface area contributed by atoms with Crippen LogP contribution in [0.2, 0.25) is 0 Å². The third kappa shape index (κ3) is 2.35. The fourth-order valence-electron chi connectivity index (χ4n) is 3.56. The minimum atomic E-state index is -0.00985. The Labute approximate surface area is 134 Å². The Hall–Kier alpha value is -2.15. The van der Waals surface area contributed by atoms with E-state index in [1.807, 2.05) is 32.5 Å². The van der Waals surface area contributed by atoms with Crippen molar-refractivity contribution in [1.29, 1.82) is 0 Å². The molecule has 0 aliphatic carbocycles. The van der Waals surface area contributed by atoms with Gasteiger partial charge in [0.05, 0.1) is 30.6 Å². The van der Waals surface area contributed by atoms with Crippen molar-refractivity contribution in [1.82, 2.24) is 24.5 Å². The van der Waals surface area contributed by atoms with Crippen molar-refractivity contribution in [3.05, 3.63) is 35.9 Å². The predicted molar refractivity (Wildman–Crippen MR) is 83.0 cm³/mol. The van der Waals surface area contributed by atoms with Crippen molar-refractivity contribution in [2.24, 2.45) is 0 Å². The van der Waals surface area contributed by atoms with E-state index in [2.05, 4.69) is 24.2 Å². The second kappa shape index (κ2) is 5.49. The van der Waals surface area contributed by atoms with Crippen molar-refractivity contribution in [2.75, 3.05) is 13.1 Å². The molecule has 2 aromatic heterocycles. The summed E-state index contributed by atoms with van der Waals surface area (Å²) in [5.74, 6) is 0.0788. The summed E-state index contributed by atoms with van der Waals surface area (Å²) in [4.78, 5) is 14.8. The molecule has 0 aromatic carbocycles. The molecule has 0 bridgehead atoms. The zero-order valence-electron chi connectivity index (χ0n) is 13.4. The van der Waals surface area contributed by atoms with Crippen LogP contribution in [0.25, 0.3) is 0 Å². The third-order valence-electron chi connectivity index (χ3n) is 4.77. The van der Waals surface area contributed by atoms with Crippen LogP contribution < -0.4 is 0 Å². The lowest BCUT2D eigenvalue weighted by atomic mass is 10.00. The quantitative estimate of drug-likeness (QED) is 0.845.